The van der Waals surface area contributed by atoms with E-state index >= 15 is 0 Å². The fourth-order valence-corrected chi connectivity index (χ4v) is 4.15. The molecule has 0 aliphatic heterocycles. The van der Waals surface area contributed by atoms with Crippen molar-refractivity contribution >= 4 is 15.7 Å². The van der Waals surface area contributed by atoms with Gasteiger partial charge in [0.15, 0.2) is 0 Å². The first-order valence-corrected chi connectivity index (χ1v) is 8.44. The van der Waals surface area contributed by atoms with Crippen LogP contribution < -0.4 is 10.5 Å². The first-order valence-electron chi connectivity index (χ1n) is 6.89. The highest BCUT2D eigenvalue weighted by Crippen LogP contribution is 2.48. The van der Waals surface area contributed by atoms with Crippen LogP contribution in [0.25, 0.3) is 0 Å². The van der Waals surface area contributed by atoms with Crippen LogP contribution >= 0.6 is 0 Å². The van der Waals surface area contributed by atoms with Crippen molar-refractivity contribution < 1.29 is 8.42 Å². The van der Waals surface area contributed by atoms with Crippen molar-refractivity contribution in [3.8, 4) is 0 Å². The van der Waals surface area contributed by atoms with E-state index in [1.54, 1.807) is 24.3 Å². The molecular weight excluding hydrogens is 260 g/mol. The van der Waals surface area contributed by atoms with E-state index in [1.165, 1.54) is 25.7 Å². The normalized spacial score (nSPS) is 29.6. The van der Waals surface area contributed by atoms with E-state index in [1.807, 2.05) is 0 Å². The summed E-state index contributed by atoms with van der Waals surface area (Å²) in [5.74, 6) is 2.65. The lowest BCUT2D eigenvalue weighted by atomic mass is 9.89. The van der Waals surface area contributed by atoms with Crippen molar-refractivity contribution in [3.05, 3.63) is 24.3 Å². The van der Waals surface area contributed by atoms with E-state index in [0.29, 0.717) is 0 Å². The summed E-state index contributed by atoms with van der Waals surface area (Å²) < 4.78 is 22.3. The molecule has 19 heavy (non-hydrogen) atoms. The number of anilines is 1. The van der Waals surface area contributed by atoms with Crippen LogP contribution in [0, 0.1) is 17.8 Å². The molecule has 0 amide bonds. The Labute approximate surface area is 114 Å². The smallest absolute Gasteiger partial charge is 0.238 e. The Morgan fingerprint density at radius 2 is 1.89 bits per heavy atom. The number of hydrogen-bond donors (Lipinski definition) is 2. The Balaban J connectivity index is 1.59. The molecule has 2 aliphatic carbocycles. The Bertz CT molecular complexity index is 553. The fraction of sp³-hybridized carbons (Fsp3) is 0.571. The SMILES string of the molecule is NS(=O)(=O)c1ccc(NCC2CC3CCC2C3)cc1. The molecule has 2 aliphatic rings. The summed E-state index contributed by atoms with van der Waals surface area (Å²) in [5.41, 5.74) is 0.968. The molecule has 3 unspecified atom stereocenters. The van der Waals surface area contributed by atoms with E-state index in [2.05, 4.69) is 5.32 Å². The topological polar surface area (TPSA) is 72.2 Å². The van der Waals surface area contributed by atoms with Gasteiger partial charge in [-0.15, -0.1) is 0 Å². The zero-order valence-corrected chi connectivity index (χ0v) is 11.7. The van der Waals surface area contributed by atoms with Gasteiger partial charge in [0.05, 0.1) is 4.90 Å². The van der Waals surface area contributed by atoms with Gasteiger partial charge in [0.1, 0.15) is 0 Å². The first kappa shape index (κ1) is 12.9. The molecule has 3 N–H and O–H groups in total. The number of fused-ring (bicyclic) bond motifs is 2. The number of rotatable bonds is 4. The van der Waals surface area contributed by atoms with Crippen LogP contribution in [0.4, 0.5) is 5.69 Å². The molecule has 2 fully saturated rings. The van der Waals surface area contributed by atoms with Crippen LogP contribution in [-0.2, 0) is 10.0 Å². The van der Waals surface area contributed by atoms with Gasteiger partial charge in [-0.2, -0.15) is 0 Å². The van der Waals surface area contributed by atoms with E-state index in [-0.39, 0.29) is 4.90 Å². The quantitative estimate of drug-likeness (QED) is 0.888. The average Bonchev–Trinajstić information content (AvgIpc) is 2.98. The number of primary sulfonamides is 1. The number of sulfonamides is 1. The highest BCUT2D eigenvalue weighted by atomic mass is 32.2. The molecule has 4 nitrogen and oxygen atoms in total. The van der Waals surface area contributed by atoms with Gasteiger partial charge in [-0.25, -0.2) is 13.6 Å². The lowest BCUT2D eigenvalue weighted by molar-refractivity contribution is 0.348. The monoisotopic (exact) mass is 280 g/mol. The molecule has 0 aromatic heterocycles. The molecular formula is C14H20N2O2S. The van der Waals surface area contributed by atoms with Crippen molar-refractivity contribution in [2.75, 3.05) is 11.9 Å². The van der Waals surface area contributed by atoms with Gasteiger partial charge in [-0.05, 0) is 61.3 Å². The molecule has 3 rings (SSSR count). The molecule has 0 saturated heterocycles. The predicted molar refractivity (Wildman–Crippen MR) is 75.2 cm³/mol. The second-order valence-electron chi connectivity index (χ2n) is 5.89. The lowest BCUT2D eigenvalue weighted by Gasteiger charge is -2.22. The van der Waals surface area contributed by atoms with E-state index in [9.17, 15) is 8.42 Å². The molecule has 1 aromatic rings. The highest BCUT2D eigenvalue weighted by molar-refractivity contribution is 7.89. The largest absolute Gasteiger partial charge is 0.385 e. The maximum atomic E-state index is 11.2. The minimum Gasteiger partial charge on any atom is -0.385 e. The van der Waals surface area contributed by atoms with Gasteiger partial charge in [0.2, 0.25) is 10.0 Å². The summed E-state index contributed by atoms with van der Waals surface area (Å²) >= 11 is 0. The Morgan fingerprint density at radius 3 is 2.42 bits per heavy atom. The van der Waals surface area contributed by atoms with Crippen molar-refractivity contribution in [2.45, 2.75) is 30.6 Å². The predicted octanol–water partition coefficient (Wildman–Crippen LogP) is 2.18. The van der Waals surface area contributed by atoms with Gasteiger partial charge in [-0.1, -0.05) is 6.42 Å². The zero-order valence-electron chi connectivity index (χ0n) is 10.9. The molecule has 2 bridgehead atoms. The standard InChI is InChI=1S/C14H20N2O2S/c15-19(17,18)14-5-3-13(4-6-14)16-9-12-8-10-1-2-11(12)7-10/h3-6,10-12,16H,1-2,7-9H2,(H2,15,17,18). The molecule has 1 aromatic carbocycles. The van der Waals surface area contributed by atoms with Gasteiger partial charge >= 0.3 is 0 Å². The Hall–Kier alpha value is -1.07. The van der Waals surface area contributed by atoms with Crippen LogP contribution in [0.5, 0.6) is 0 Å². The third kappa shape index (κ3) is 2.77. The first-order chi connectivity index (χ1) is 9.02. The third-order valence-electron chi connectivity index (χ3n) is 4.64. The Kier molecular flexibility index (Phi) is 3.27. The van der Waals surface area contributed by atoms with E-state index in [0.717, 1.165) is 30.0 Å². The molecule has 3 atom stereocenters. The van der Waals surface area contributed by atoms with Crippen molar-refractivity contribution in [3.63, 3.8) is 0 Å². The minimum absolute atomic E-state index is 0.165. The van der Waals surface area contributed by atoms with Gasteiger partial charge < -0.3 is 5.32 Å². The van der Waals surface area contributed by atoms with Crippen molar-refractivity contribution in [2.24, 2.45) is 22.9 Å². The summed E-state index contributed by atoms with van der Waals surface area (Å²) in [6.45, 7) is 0.996. The van der Waals surface area contributed by atoms with Gasteiger partial charge in [-0.3, -0.25) is 0 Å². The summed E-state index contributed by atoms with van der Waals surface area (Å²) in [6.07, 6.45) is 5.58. The molecule has 2 saturated carbocycles. The summed E-state index contributed by atoms with van der Waals surface area (Å²) in [7, 11) is -3.58. The van der Waals surface area contributed by atoms with Gasteiger partial charge in [0.25, 0.3) is 0 Å². The van der Waals surface area contributed by atoms with E-state index < -0.39 is 10.0 Å². The molecule has 0 radical (unpaired) electrons. The van der Waals surface area contributed by atoms with E-state index in [4.69, 9.17) is 5.14 Å². The van der Waals surface area contributed by atoms with Crippen LogP contribution in [-0.4, -0.2) is 15.0 Å². The second kappa shape index (κ2) is 4.80. The van der Waals surface area contributed by atoms with Gasteiger partial charge in [0, 0.05) is 12.2 Å². The minimum atomic E-state index is -3.58. The van der Waals surface area contributed by atoms with Crippen molar-refractivity contribution in [1.29, 1.82) is 0 Å². The molecule has 0 spiro atoms. The highest BCUT2D eigenvalue weighted by Gasteiger charge is 2.38. The summed E-state index contributed by atoms with van der Waals surface area (Å²) in [5, 5.41) is 8.49. The average molecular weight is 280 g/mol. The molecule has 104 valence electrons. The maximum absolute atomic E-state index is 11.2. The van der Waals surface area contributed by atoms with Crippen LogP contribution in [0.1, 0.15) is 25.7 Å². The third-order valence-corrected chi connectivity index (χ3v) is 5.56. The second-order valence-corrected chi connectivity index (χ2v) is 7.45. The number of nitrogens with two attached hydrogens (primary N) is 1. The Morgan fingerprint density at radius 1 is 1.16 bits per heavy atom. The summed E-state index contributed by atoms with van der Waals surface area (Å²) in [6, 6.07) is 6.68. The molecule has 5 heteroatoms. The zero-order chi connectivity index (χ0) is 13.5. The van der Waals surface area contributed by atoms with Crippen molar-refractivity contribution in [1.82, 2.24) is 0 Å². The fourth-order valence-electron chi connectivity index (χ4n) is 3.64. The number of nitrogens with one attached hydrogen (secondary N) is 1. The van der Waals surface area contributed by atoms with Crippen LogP contribution in [0.3, 0.4) is 0 Å². The van der Waals surface area contributed by atoms with Crippen LogP contribution in [0.15, 0.2) is 29.2 Å². The summed E-state index contributed by atoms with van der Waals surface area (Å²) in [4.78, 5) is 0.165. The number of hydrogen-bond acceptors (Lipinski definition) is 3. The maximum Gasteiger partial charge on any atom is 0.238 e. The van der Waals surface area contributed by atoms with Crippen LogP contribution in [0.2, 0.25) is 0 Å². The molecule has 0 heterocycles. The lowest BCUT2D eigenvalue weighted by Crippen LogP contribution is -2.20. The number of benzene rings is 1.